The summed E-state index contributed by atoms with van der Waals surface area (Å²) in [5, 5.41) is 15.2. The number of anilines is 1. The molecule has 0 saturated carbocycles. The van der Waals surface area contributed by atoms with Gasteiger partial charge in [0, 0.05) is 38.3 Å². The maximum absolute atomic E-state index is 11.8. The fourth-order valence-electron chi connectivity index (χ4n) is 2.15. The summed E-state index contributed by atoms with van der Waals surface area (Å²) >= 11 is 0. The van der Waals surface area contributed by atoms with Crippen molar-refractivity contribution in [2.75, 3.05) is 25.1 Å². The lowest BCUT2D eigenvalue weighted by Gasteiger charge is -2.31. The van der Waals surface area contributed by atoms with Gasteiger partial charge in [-0.1, -0.05) is 18.2 Å². The summed E-state index contributed by atoms with van der Waals surface area (Å²) in [5.41, 5.74) is 0.487. The topological polar surface area (TPSA) is 87.7 Å². The van der Waals surface area contributed by atoms with E-state index in [9.17, 15) is 14.7 Å². The van der Waals surface area contributed by atoms with E-state index in [1.54, 1.807) is 12.1 Å². The van der Waals surface area contributed by atoms with Gasteiger partial charge < -0.3 is 20.5 Å². The molecule has 2 amide bonds. The fraction of sp³-hybridized carbons (Fsp3) is 0.467. The molecule has 114 valence electrons. The zero-order chi connectivity index (χ0) is 15.3. The van der Waals surface area contributed by atoms with Crippen molar-refractivity contribution in [3.05, 3.63) is 29.8 Å². The van der Waals surface area contributed by atoms with Crippen LogP contribution in [0.2, 0.25) is 0 Å². The predicted molar refractivity (Wildman–Crippen MR) is 77.8 cm³/mol. The Hall–Kier alpha value is -1.92. The molecule has 6 nitrogen and oxygen atoms in total. The number of nitrogens with one attached hydrogen (secondary N) is 2. The van der Waals surface area contributed by atoms with Gasteiger partial charge in [0.1, 0.15) is 0 Å². The van der Waals surface area contributed by atoms with Crippen molar-refractivity contribution in [3.63, 3.8) is 0 Å². The second-order valence-corrected chi connectivity index (χ2v) is 5.29. The molecule has 0 bridgehead atoms. The summed E-state index contributed by atoms with van der Waals surface area (Å²) in [4.78, 5) is 23.6. The molecular formula is C15H20N2O4. The monoisotopic (exact) mass is 292 g/mol. The zero-order valence-electron chi connectivity index (χ0n) is 12.0. The van der Waals surface area contributed by atoms with Gasteiger partial charge in [0.15, 0.2) is 0 Å². The molecule has 0 atom stereocenters. The molecule has 1 aliphatic rings. The highest BCUT2D eigenvalue weighted by atomic mass is 16.5. The summed E-state index contributed by atoms with van der Waals surface area (Å²) in [7, 11) is 0. The SMILES string of the molecule is Cc1ccccc1NC(=O)C(=O)NCC1(O)CCOCC1. The summed E-state index contributed by atoms with van der Waals surface area (Å²) in [5.74, 6) is -1.49. The third-order valence-electron chi connectivity index (χ3n) is 3.60. The standard InChI is InChI=1S/C15H20N2O4/c1-11-4-2-3-5-12(11)17-14(19)13(18)16-10-15(20)6-8-21-9-7-15/h2-5,20H,6-10H2,1H3,(H,16,18)(H,17,19). The summed E-state index contributed by atoms with van der Waals surface area (Å²) < 4.78 is 5.16. The van der Waals surface area contributed by atoms with Crippen LogP contribution in [0.3, 0.4) is 0 Å². The summed E-state index contributed by atoms with van der Waals surface area (Å²) in [6.45, 7) is 2.82. The minimum Gasteiger partial charge on any atom is -0.388 e. The van der Waals surface area contributed by atoms with E-state index in [1.165, 1.54) is 0 Å². The van der Waals surface area contributed by atoms with Crippen LogP contribution < -0.4 is 10.6 Å². The minimum absolute atomic E-state index is 0.0520. The van der Waals surface area contributed by atoms with Gasteiger partial charge in [0.05, 0.1) is 5.60 Å². The Morgan fingerprint density at radius 1 is 1.24 bits per heavy atom. The van der Waals surface area contributed by atoms with Gasteiger partial charge in [0.25, 0.3) is 0 Å². The molecule has 3 N–H and O–H groups in total. The van der Waals surface area contributed by atoms with Gasteiger partial charge in [-0.15, -0.1) is 0 Å². The fourth-order valence-corrected chi connectivity index (χ4v) is 2.15. The molecule has 0 aliphatic carbocycles. The predicted octanol–water partition coefficient (Wildman–Crippen LogP) is 0.591. The van der Waals surface area contributed by atoms with Crippen LogP contribution in [0.15, 0.2) is 24.3 Å². The van der Waals surface area contributed by atoms with E-state index in [-0.39, 0.29) is 6.54 Å². The number of aliphatic hydroxyl groups is 1. The van der Waals surface area contributed by atoms with E-state index < -0.39 is 17.4 Å². The molecule has 6 heteroatoms. The quantitative estimate of drug-likeness (QED) is 0.712. The number of benzene rings is 1. The van der Waals surface area contributed by atoms with Crippen molar-refractivity contribution < 1.29 is 19.4 Å². The Morgan fingerprint density at radius 3 is 2.57 bits per heavy atom. The molecule has 1 fully saturated rings. The van der Waals surface area contributed by atoms with Gasteiger partial charge >= 0.3 is 11.8 Å². The lowest BCUT2D eigenvalue weighted by atomic mass is 9.94. The van der Waals surface area contributed by atoms with Gasteiger partial charge in [-0.3, -0.25) is 9.59 Å². The molecule has 1 aromatic rings. The molecule has 0 radical (unpaired) electrons. The molecular weight excluding hydrogens is 272 g/mol. The van der Waals surface area contributed by atoms with Gasteiger partial charge in [-0.25, -0.2) is 0 Å². The van der Waals surface area contributed by atoms with Crippen molar-refractivity contribution in [2.24, 2.45) is 0 Å². The smallest absolute Gasteiger partial charge is 0.313 e. The first-order valence-corrected chi connectivity index (χ1v) is 6.95. The average Bonchev–Trinajstić information content (AvgIpc) is 2.48. The normalized spacial score (nSPS) is 17.0. The molecule has 21 heavy (non-hydrogen) atoms. The highest BCUT2D eigenvalue weighted by Crippen LogP contribution is 2.19. The Morgan fingerprint density at radius 2 is 1.90 bits per heavy atom. The van der Waals surface area contributed by atoms with Crippen LogP contribution in [0, 0.1) is 6.92 Å². The van der Waals surface area contributed by atoms with Crippen LogP contribution in [0.25, 0.3) is 0 Å². The number of hydrogen-bond acceptors (Lipinski definition) is 4. The number of rotatable bonds is 3. The van der Waals surface area contributed by atoms with Crippen LogP contribution in [0.1, 0.15) is 18.4 Å². The highest BCUT2D eigenvalue weighted by molar-refractivity contribution is 6.39. The van der Waals surface area contributed by atoms with E-state index in [4.69, 9.17) is 4.74 Å². The molecule has 1 heterocycles. The Labute approximate surface area is 123 Å². The van der Waals surface area contributed by atoms with E-state index in [2.05, 4.69) is 10.6 Å². The second kappa shape index (κ2) is 6.69. The van der Waals surface area contributed by atoms with Gasteiger partial charge in [-0.2, -0.15) is 0 Å². The summed E-state index contributed by atoms with van der Waals surface area (Å²) in [6.07, 6.45) is 0.902. The number of carbonyl (C=O) groups excluding carboxylic acids is 2. The molecule has 0 aromatic heterocycles. The number of hydrogen-bond donors (Lipinski definition) is 3. The average molecular weight is 292 g/mol. The molecule has 1 aromatic carbocycles. The number of amides is 2. The van der Waals surface area contributed by atoms with E-state index in [0.717, 1.165) is 5.56 Å². The number of aryl methyl sites for hydroxylation is 1. The number of ether oxygens (including phenoxy) is 1. The lowest BCUT2D eigenvalue weighted by Crippen LogP contribution is -2.48. The van der Waals surface area contributed by atoms with Crippen molar-refractivity contribution >= 4 is 17.5 Å². The third-order valence-corrected chi connectivity index (χ3v) is 3.60. The van der Waals surface area contributed by atoms with Crippen molar-refractivity contribution in [1.29, 1.82) is 0 Å². The molecule has 1 aliphatic heterocycles. The van der Waals surface area contributed by atoms with E-state index >= 15 is 0 Å². The molecule has 0 spiro atoms. The van der Waals surface area contributed by atoms with Crippen molar-refractivity contribution in [2.45, 2.75) is 25.4 Å². The second-order valence-electron chi connectivity index (χ2n) is 5.29. The van der Waals surface area contributed by atoms with Crippen LogP contribution in [0.5, 0.6) is 0 Å². The molecule has 1 saturated heterocycles. The minimum atomic E-state index is -0.989. The zero-order valence-corrected chi connectivity index (χ0v) is 12.0. The van der Waals surface area contributed by atoms with Crippen LogP contribution >= 0.6 is 0 Å². The summed E-state index contributed by atoms with van der Waals surface area (Å²) in [6, 6.07) is 7.21. The third kappa shape index (κ3) is 4.27. The largest absolute Gasteiger partial charge is 0.388 e. The first-order chi connectivity index (χ1) is 10.0. The molecule has 0 unspecified atom stereocenters. The lowest BCUT2D eigenvalue weighted by molar-refractivity contribution is -0.137. The Kier molecular flexibility index (Phi) is 4.93. The van der Waals surface area contributed by atoms with E-state index in [0.29, 0.717) is 31.7 Å². The van der Waals surface area contributed by atoms with Gasteiger partial charge in [0.2, 0.25) is 0 Å². The number of carbonyl (C=O) groups is 2. The first-order valence-electron chi connectivity index (χ1n) is 6.95. The van der Waals surface area contributed by atoms with E-state index in [1.807, 2.05) is 19.1 Å². The molecule has 2 rings (SSSR count). The maximum atomic E-state index is 11.8. The van der Waals surface area contributed by atoms with Crippen LogP contribution in [-0.2, 0) is 14.3 Å². The Balaban J connectivity index is 1.85. The van der Waals surface area contributed by atoms with Crippen molar-refractivity contribution in [3.8, 4) is 0 Å². The maximum Gasteiger partial charge on any atom is 0.313 e. The van der Waals surface area contributed by atoms with Crippen LogP contribution in [0.4, 0.5) is 5.69 Å². The van der Waals surface area contributed by atoms with Crippen molar-refractivity contribution in [1.82, 2.24) is 5.32 Å². The van der Waals surface area contributed by atoms with Crippen LogP contribution in [-0.4, -0.2) is 42.3 Å². The first kappa shape index (κ1) is 15.5. The Bertz CT molecular complexity index is 524. The van der Waals surface area contributed by atoms with Gasteiger partial charge in [-0.05, 0) is 18.6 Å². The highest BCUT2D eigenvalue weighted by Gasteiger charge is 2.30. The number of para-hydroxylation sites is 1.